The number of aromatic nitrogens is 1. The van der Waals surface area contributed by atoms with Gasteiger partial charge in [-0.15, -0.1) is 0 Å². The fourth-order valence-electron chi connectivity index (χ4n) is 2.00. The summed E-state index contributed by atoms with van der Waals surface area (Å²) in [5.74, 6) is -0.529. The number of nitrogens with one attached hydrogen (secondary N) is 1. The van der Waals surface area contributed by atoms with Gasteiger partial charge >= 0.3 is 0 Å². The number of hydrogen-bond acceptors (Lipinski definition) is 4. The van der Waals surface area contributed by atoms with Crippen LogP contribution in [0.15, 0.2) is 42.6 Å². The van der Waals surface area contributed by atoms with Crippen LogP contribution in [-0.2, 0) is 6.42 Å². The predicted octanol–water partition coefficient (Wildman–Crippen LogP) is 2.36. The molecule has 0 bridgehead atoms. The Bertz CT molecular complexity index is 625. The number of rotatable bonds is 6. The first-order valence-electron chi connectivity index (χ1n) is 6.67. The second-order valence-electron chi connectivity index (χ2n) is 4.76. The van der Waals surface area contributed by atoms with E-state index >= 15 is 0 Å². The first-order valence-corrected chi connectivity index (χ1v) is 6.67. The van der Waals surface area contributed by atoms with Crippen LogP contribution in [-0.4, -0.2) is 23.2 Å². The maximum atomic E-state index is 13.7. The molecule has 0 aliphatic carbocycles. The van der Waals surface area contributed by atoms with Gasteiger partial charge in [0.2, 0.25) is 0 Å². The molecule has 2 rings (SSSR count). The number of aliphatic hydroxyl groups excluding tert-OH is 1. The summed E-state index contributed by atoms with van der Waals surface area (Å²) < 4.78 is 13.7. The highest BCUT2D eigenvalue weighted by Crippen LogP contribution is 2.16. The Hall–Kier alpha value is -2.45. The number of benzene rings is 1. The highest BCUT2D eigenvalue weighted by Gasteiger charge is 2.11. The average molecular weight is 285 g/mol. The Morgan fingerprint density at radius 3 is 2.81 bits per heavy atom. The van der Waals surface area contributed by atoms with Crippen molar-refractivity contribution in [3.63, 3.8) is 0 Å². The summed E-state index contributed by atoms with van der Waals surface area (Å²) in [6.07, 6.45) is 2.32. The quantitative estimate of drug-likeness (QED) is 0.855. The third-order valence-corrected chi connectivity index (χ3v) is 3.16. The average Bonchev–Trinajstić information content (AvgIpc) is 2.53. The second kappa shape index (κ2) is 7.36. The number of halogens is 1. The molecule has 0 radical (unpaired) electrons. The van der Waals surface area contributed by atoms with Gasteiger partial charge in [-0.1, -0.05) is 6.07 Å². The van der Waals surface area contributed by atoms with E-state index in [1.54, 1.807) is 12.3 Å². The van der Waals surface area contributed by atoms with Gasteiger partial charge in [-0.3, -0.25) is 4.98 Å². The maximum absolute atomic E-state index is 13.7. The zero-order valence-corrected chi connectivity index (χ0v) is 11.5. The van der Waals surface area contributed by atoms with Crippen LogP contribution >= 0.6 is 0 Å². The highest BCUT2D eigenvalue weighted by atomic mass is 19.1. The molecule has 2 N–H and O–H groups in total. The van der Waals surface area contributed by atoms with Gasteiger partial charge in [-0.25, -0.2) is 4.39 Å². The number of anilines is 1. The Kier molecular flexibility index (Phi) is 5.24. The summed E-state index contributed by atoms with van der Waals surface area (Å²) >= 11 is 0. The van der Waals surface area contributed by atoms with E-state index in [1.165, 1.54) is 12.1 Å². The fourth-order valence-corrected chi connectivity index (χ4v) is 2.00. The summed E-state index contributed by atoms with van der Waals surface area (Å²) in [5.41, 5.74) is 1.50. The maximum Gasteiger partial charge on any atom is 0.147 e. The van der Waals surface area contributed by atoms with Crippen molar-refractivity contribution >= 4 is 5.69 Å². The minimum atomic E-state index is -0.469. The summed E-state index contributed by atoms with van der Waals surface area (Å²) in [5, 5.41) is 21.1. The highest BCUT2D eigenvalue weighted by molar-refractivity contribution is 5.48. The number of pyridine rings is 1. The lowest BCUT2D eigenvalue weighted by atomic mass is 10.0. The van der Waals surface area contributed by atoms with Crippen molar-refractivity contribution in [2.24, 2.45) is 5.92 Å². The molecule has 5 heteroatoms. The normalized spacial score (nSPS) is 11.7. The Balaban J connectivity index is 1.96. The van der Waals surface area contributed by atoms with Crippen LogP contribution in [0, 0.1) is 23.1 Å². The van der Waals surface area contributed by atoms with Crippen molar-refractivity contribution in [2.75, 3.05) is 18.5 Å². The Morgan fingerprint density at radius 2 is 2.19 bits per heavy atom. The van der Waals surface area contributed by atoms with Gasteiger partial charge in [-0.05, 0) is 36.8 Å². The van der Waals surface area contributed by atoms with Gasteiger partial charge in [0, 0.05) is 31.0 Å². The first kappa shape index (κ1) is 14.9. The second-order valence-corrected chi connectivity index (χ2v) is 4.76. The predicted molar refractivity (Wildman–Crippen MR) is 78.1 cm³/mol. The molecular formula is C16H16FN3O. The van der Waals surface area contributed by atoms with E-state index in [0.29, 0.717) is 18.7 Å². The van der Waals surface area contributed by atoms with Crippen LogP contribution in [0.25, 0.3) is 0 Å². The van der Waals surface area contributed by atoms with Crippen LogP contribution < -0.4 is 5.32 Å². The topological polar surface area (TPSA) is 68.9 Å². The number of nitrogens with zero attached hydrogens (tertiary/aromatic N) is 2. The van der Waals surface area contributed by atoms with Crippen LogP contribution in [0.3, 0.4) is 0 Å². The smallest absolute Gasteiger partial charge is 0.147 e. The molecule has 0 spiro atoms. The van der Waals surface area contributed by atoms with Crippen molar-refractivity contribution in [1.82, 2.24) is 4.98 Å². The molecule has 1 heterocycles. The van der Waals surface area contributed by atoms with Gasteiger partial charge in [0.15, 0.2) is 0 Å². The molecule has 1 atom stereocenters. The third-order valence-electron chi connectivity index (χ3n) is 3.16. The number of hydrogen-bond donors (Lipinski definition) is 2. The molecule has 0 fully saturated rings. The van der Waals surface area contributed by atoms with Crippen LogP contribution in [0.4, 0.5) is 10.1 Å². The number of aliphatic hydroxyl groups is 1. The molecule has 0 aliphatic rings. The van der Waals surface area contributed by atoms with Gasteiger partial charge in [0.05, 0.1) is 17.3 Å². The lowest BCUT2D eigenvalue weighted by Gasteiger charge is -2.16. The fraction of sp³-hybridized carbons (Fsp3) is 0.250. The first-order chi connectivity index (χ1) is 10.2. The monoisotopic (exact) mass is 285 g/mol. The van der Waals surface area contributed by atoms with E-state index in [2.05, 4.69) is 10.3 Å². The summed E-state index contributed by atoms with van der Waals surface area (Å²) in [4.78, 5) is 4.21. The zero-order valence-electron chi connectivity index (χ0n) is 11.5. The van der Waals surface area contributed by atoms with E-state index in [0.717, 1.165) is 5.69 Å². The summed E-state index contributed by atoms with van der Waals surface area (Å²) in [6.45, 7) is 0.414. The van der Waals surface area contributed by atoms with Gasteiger partial charge in [0.25, 0.3) is 0 Å². The molecule has 0 saturated carbocycles. The van der Waals surface area contributed by atoms with E-state index < -0.39 is 5.82 Å². The van der Waals surface area contributed by atoms with Crippen molar-refractivity contribution < 1.29 is 9.50 Å². The van der Waals surface area contributed by atoms with Crippen molar-refractivity contribution in [3.8, 4) is 6.07 Å². The van der Waals surface area contributed by atoms with Crippen molar-refractivity contribution in [2.45, 2.75) is 6.42 Å². The molecule has 21 heavy (non-hydrogen) atoms. The Labute approximate surface area is 122 Å². The van der Waals surface area contributed by atoms with Crippen LogP contribution in [0.2, 0.25) is 0 Å². The lowest BCUT2D eigenvalue weighted by molar-refractivity contribution is 0.232. The molecule has 0 aliphatic heterocycles. The molecule has 0 saturated heterocycles. The molecule has 0 amide bonds. The van der Waals surface area contributed by atoms with Crippen molar-refractivity contribution in [1.29, 1.82) is 5.26 Å². The standard InChI is InChI=1S/C16H16FN3O/c17-15-8-12(9-18)4-5-16(15)20-10-13(11-21)7-14-3-1-2-6-19-14/h1-6,8,13,20-21H,7,10-11H2. The minimum Gasteiger partial charge on any atom is -0.396 e. The number of nitriles is 1. The van der Waals surface area contributed by atoms with Gasteiger partial charge < -0.3 is 10.4 Å². The molecule has 108 valence electrons. The van der Waals surface area contributed by atoms with E-state index in [1.807, 2.05) is 24.3 Å². The molecule has 4 nitrogen and oxygen atoms in total. The summed E-state index contributed by atoms with van der Waals surface area (Å²) in [7, 11) is 0. The van der Waals surface area contributed by atoms with Crippen LogP contribution in [0.1, 0.15) is 11.3 Å². The lowest BCUT2D eigenvalue weighted by Crippen LogP contribution is -2.21. The minimum absolute atomic E-state index is 0.0124. The van der Waals surface area contributed by atoms with Crippen LogP contribution in [0.5, 0.6) is 0 Å². The molecule has 1 aromatic heterocycles. The van der Waals surface area contributed by atoms with Gasteiger partial charge in [0.1, 0.15) is 5.82 Å². The van der Waals surface area contributed by atoms with Gasteiger partial charge in [-0.2, -0.15) is 5.26 Å². The van der Waals surface area contributed by atoms with E-state index in [-0.39, 0.29) is 18.1 Å². The van der Waals surface area contributed by atoms with E-state index in [9.17, 15) is 9.50 Å². The molecule has 1 unspecified atom stereocenters. The zero-order chi connectivity index (χ0) is 15.1. The largest absolute Gasteiger partial charge is 0.396 e. The Morgan fingerprint density at radius 1 is 1.33 bits per heavy atom. The molecular weight excluding hydrogens is 269 g/mol. The molecule has 2 aromatic rings. The third kappa shape index (κ3) is 4.26. The summed E-state index contributed by atoms with van der Waals surface area (Å²) in [6, 6.07) is 11.8. The SMILES string of the molecule is N#Cc1ccc(NCC(CO)Cc2ccccn2)c(F)c1. The molecule has 1 aromatic carbocycles. The van der Waals surface area contributed by atoms with E-state index in [4.69, 9.17) is 5.26 Å². The van der Waals surface area contributed by atoms with Crippen molar-refractivity contribution in [3.05, 3.63) is 59.7 Å².